The molecule has 1 saturated heterocycles. The van der Waals surface area contributed by atoms with Crippen LogP contribution in [0.1, 0.15) is 48.0 Å². The zero-order valence-electron chi connectivity index (χ0n) is 11.4. The van der Waals surface area contributed by atoms with Crippen LogP contribution in [-0.2, 0) is 11.2 Å². The normalized spacial score (nSPS) is 24.2. The fraction of sp³-hybridized carbons (Fsp3) is 0.714. The molecule has 0 amide bonds. The van der Waals surface area contributed by atoms with Gasteiger partial charge in [0.15, 0.2) is 10.9 Å². The molecule has 3 rings (SSSR count). The van der Waals surface area contributed by atoms with Gasteiger partial charge < -0.3 is 9.64 Å². The van der Waals surface area contributed by atoms with Crippen LogP contribution in [0.4, 0.5) is 5.13 Å². The molecule has 1 atom stereocenters. The molecule has 4 nitrogen and oxygen atoms in total. The molecule has 1 aliphatic carbocycles. The first-order valence-electron chi connectivity index (χ1n) is 7.17. The third kappa shape index (κ3) is 2.67. The van der Waals surface area contributed by atoms with E-state index >= 15 is 0 Å². The molecule has 19 heavy (non-hydrogen) atoms. The summed E-state index contributed by atoms with van der Waals surface area (Å²) in [5, 5.41) is 1.02. The molecule has 0 radical (unpaired) electrons. The number of anilines is 1. The molecule has 0 spiro atoms. The van der Waals surface area contributed by atoms with Gasteiger partial charge in [-0.1, -0.05) is 6.92 Å². The Kier molecular flexibility index (Phi) is 3.84. The number of Topliss-reactive ketones (excluding diaryl/α,β-unsaturated/α-hetero) is 1. The Morgan fingerprint density at radius 2 is 2.32 bits per heavy atom. The van der Waals surface area contributed by atoms with Crippen molar-refractivity contribution in [2.24, 2.45) is 0 Å². The average molecular weight is 280 g/mol. The van der Waals surface area contributed by atoms with Crippen LogP contribution in [0.25, 0.3) is 0 Å². The molecule has 2 heterocycles. The van der Waals surface area contributed by atoms with E-state index in [2.05, 4.69) is 16.8 Å². The number of thiazole rings is 1. The van der Waals surface area contributed by atoms with E-state index in [0.29, 0.717) is 12.5 Å². The summed E-state index contributed by atoms with van der Waals surface area (Å²) in [6, 6.07) is 0. The van der Waals surface area contributed by atoms with E-state index in [0.717, 1.165) is 56.2 Å². The topological polar surface area (TPSA) is 42.4 Å². The predicted octanol–water partition coefficient (Wildman–Crippen LogP) is 2.67. The summed E-state index contributed by atoms with van der Waals surface area (Å²) < 4.78 is 5.80. The molecule has 1 aromatic rings. The molecular weight excluding hydrogens is 260 g/mol. The summed E-state index contributed by atoms with van der Waals surface area (Å²) in [6.07, 6.45) is 5.01. The van der Waals surface area contributed by atoms with Gasteiger partial charge in [-0.3, -0.25) is 4.79 Å². The lowest BCUT2D eigenvalue weighted by Gasteiger charge is -2.22. The number of fused-ring (bicyclic) bond motifs is 1. The van der Waals surface area contributed by atoms with Gasteiger partial charge in [0, 0.05) is 31.0 Å². The second-order valence-corrected chi connectivity index (χ2v) is 6.31. The zero-order chi connectivity index (χ0) is 13.2. The van der Waals surface area contributed by atoms with Crippen LogP contribution in [0.3, 0.4) is 0 Å². The Hall–Kier alpha value is -0.940. The minimum absolute atomic E-state index is 0.224. The molecule has 0 aromatic carbocycles. The van der Waals surface area contributed by atoms with Crippen molar-refractivity contribution in [3.8, 4) is 0 Å². The number of carbonyl (C=O) groups is 1. The van der Waals surface area contributed by atoms with Gasteiger partial charge in [-0.25, -0.2) is 4.98 Å². The van der Waals surface area contributed by atoms with Crippen molar-refractivity contribution >= 4 is 22.3 Å². The first-order valence-corrected chi connectivity index (χ1v) is 7.99. The van der Waals surface area contributed by atoms with E-state index in [9.17, 15) is 4.79 Å². The highest BCUT2D eigenvalue weighted by atomic mass is 32.1. The van der Waals surface area contributed by atoms with Crippen LogP contribution in [0.2, 0.25) is 0 Å². The lowest BCUT2D eigenvalue weighted by atomic mass is 10.0. The number of hydrogen-bond acceptors (Lipinski definition) is 5. The number of nitrogens with zero attached hydrogens (tertiary/aromatic N) is 2. The molecule has 5 heteroatoms. The van der Waals surface area contributed by atoms with E-state index in [4.69, 9.17) is 4.74 Å². The third-order valence-electron chi connectivity index (χ3n) is 3.83. The summed E-state index contributed by atoms with van der Waals surface area (Å²) in [6.45, 7) is 4.87. The quantitative estimate of drug-likeness (QED) is 0.835. The summed E-state index contributed by atoms with van der Waals surface area (Å²) in [5.74, 6) is 0.224. The van der Waals surface area contributed by atoms with Crippen molar-refractivity contribution in [1.29, 1.82) is 0 Å². The van der Waals surface area contributed by atoms with Crippen molar-refractivity contribution < 1.29 is 9.53 Å². The maximum absolute atomic E-state index is 11.9. The van der Waals surface area contributed by atoms with E-state index in [1.54, 1.807) is 11.3 Å². The minimum Gasteiger partial charge on any atom is -0.376 e. The van der Waals surface area contributed by atoms with Crippen molar-refractivity contribution in [2.75, 3.05) is 24.6 Å². The van der Waals surface area contributed by atoms with E-state index in [-0.39, 0.29) is 5.78 Å². The Balaban J connectivity index is 1.83. The average Bonchev–Trinajstić information content (AvgIpc) is 2.71. The Labute approximate surface area is 117 Å². The predicted molar refractivity (Wildman–Crippen MR) is 76.2 cm³/mol. The van der Waals surface area contributed by atoms with Crippen LogP contribution in [-0.4, -0.2) is 36.6 Å². The Bertz CT molecular complexity index is 472. The van der Waals surface area contributed by atoms with Crippen molar-refractivity contribution in [1.82, 2.24) is 4.98 Å². The van der Waals surface area contributed by atoms with Crippen LogP contribution < -0.4 is 4.90 Å². The largest absolute Gasteiger partial charge is 0.376 e. The standard InChI is InChI=1S/C14H20N2O2S/c1-2-10-9-16(7-4-8-18-10)14-15-13-11(17)5-3-6-12(13)19-14/h10H,2-9H2,1H3. The molecule has 1 aliphatic heterocycles. The van der Waals surface area contributed by atoms with Crippen molar-refractivity contribution in [3.63, 3.8) is 0 Å². The van der Waals surface area contributed by atoms with Crippen molar-refractivity contribution in [2.45, 2.75) is 45.1 Å². The molecule has 104 valence electrons. The minimum atomic E-state index is 0.224. The highest BCUT2D eigenvalue weighted by Crippen LogP contribution is 2.32. The number of hydrogen-bond donors (Lipinski definition) is 0. The Morgan fingerprint density at radius 3 is 3.11 bits per heavy atom. The van der Waals surface area contributed by atoms with E-state index in [1.165, 1.54) is 4.88 Å². The van der Waals surface area contributed by atoms with Crippen LogP contribution in [0, 0.1) is 0 Å². The maximum Gasteiger partial charge on any atom is 0.186 e. The van der Waals surface area contributed by atoms with Gasteiger partial charge in [-0.15, -0.1) is 11.3 Å². The van der Waals surface area contributed by atoms with Crippen molar-refractivity contribution in [3.05, 3.63) is 10.6 Å². The van der Waals surface area contributed by atoms with Gasteiger partial charge in [0.25, 0.3) is 0 Å². The second kappa shape index (κ2) is 5.59. The molecule has 1 unspecified atom stereocenters. The van der Waals surface area contributed by atoms with Gasteiger partial charge in [-0.2, -0.15) is 0 Å². The van der Waals surface area contributed by atoms with Gasteiger partial charge in [-0.05, 0) is 25.7 Å². The highest BCUT2D eigenvalue weighted by Gasteiger charge is 2.26. The van der Waals surface area contributed by atoms with Gasteiger partial charge >= 0.3 is 0 Å². The van der Waals surface area contributed by atoms with Gasteiger partial charge in [0.05, 0.1) is 6.10 Å². The number of ketones is 1. The number of aromatic nitrogens is 1. The first-order chi connectivity index (χ1) is 9.28. The smallest absolute Gasteiger partial charge is 0.186 e. The molecule has 2 aliphatic rings. The molecule has 1 fully saturated rings. The number of aryl methyl sites for hydroxylation is 1. The molecular formula is C14H20N2O2S. The van der Waals surface area contributed by atoms with Crippen LogP contribution in [0.15, 0.2) is 0 Å². The zero-order valence-corrected chi connectivity index (χ0v) is 12.2. The number of rotatable bonds is 2. The van der Waals surface area contributed by atoms with Gasteiger partial charge in [0.2, 0.25) is 0 Å². The molecule has 0 N–H and O–H groups in total. The molecule has 0 saturated carbocycles. The number of carbonyl (C=O) groups excluding carboxylic acids is 1. The van der Waals surface area contributed by atoms with Crippen LogP contribution >= 0.6 is 11.3 Å². The lowest BCUT2D eigenvalue weighted by Crippen LogP contribution is -2.31. The Morgan fingerprint density at radius 1 is 1.42 bits per heavy atom. The summed E-state index contributed by atoms with van der Waals surface area (Å²) in [4.78, 5) is 20.0. The first kappa shape index (κ1) is 13.1. The summed E-state index contributed by atoms with van der Waals surface area (Å²) in [7, 11) is 0. The summed E-state index contributed by atoms with van der Waals surface area (Å²) in [5.41, 5.74) is 0.740. The third-order valence-corrected chi connectivity index (χ3v) is 5.01. The van der Waals surface area contributed by atoms with E-state index < -0.39 is 0 Å². The summed E-state index contributed by atoms with van der Waals surface area (Å²) >= 11 is 1.71. The van der Waals surface area contributed by atoms with Gasteiger partial charge in [0.1, 0.15) is 5.69 Å². The molecule has 1 aromatic heterocycles. The number of ether oxygens (including phenoxy) is 1. The molecule has 0 bridgehead atoms. The van der Waals surface area contributed by atoms with Crippen LogP contribution in [0.5, 0.6) is 0 Å². The lowest BCUT2D eigenvalue weighted by molar-refractivity contribution is 0.0664. The second-order valence-electron chi connectivity index (χ2n) is 5.25. The fourth-order valence-corrected chi connectivity index (χ4v) is 3.86. The van der Waals surface area contributed by atoms with E-state index in [1.807, 2.05) is 0 Å². The monoisotopic (exact) mass is 280 g/mol. The SMILES string of the molecule is CCC1CN(c2nc3c(s2)CCCC3=O)CCCO1. The maximum atomic E-state index is 11.9. The highest BCUT2D eigenvalue weighted by molar-refractivity contribution is 7.16. The fourth-order valence-electron chi connectivity index (χ4n) is 2.71.